The number of carbonyl (C=O) groups is 1. The van der Waals surface area contributed by atoms with Gasteiger partial charge in [0.2, 0.25) is 11.8 Å². The molecule has 1 N–H and O–H groups in total. The maximum absolute atomic E-state index is 16.9. The zero-order valence-electron chi connectivity index (χ0n) is 24.6. The summed E-state index contributed by atoms with van der Waals surface area (Å²) in [5.74, 6) is -0.590. The number of pyridine rings is 1. The molecule has 0 bridgehead atoms. The van der Waals surface area contributed by atoms with Crippen LogP contribution >= 0.6 is 11.6 Å². The average molecular weight is 614 g/mol. The topological polar surface area (TPSA) is 101 Å². The Balaban J connectivity index is 1.37. The number of H-pyrrole nitrogens is 1. The molecular weight excluding hydrogens is 581 g/mol. The van der Waals surface area contributed by atoms with Gasteiger partial charge in [-0.15, -0.1) is 0 Å². The summed E-state index contributed by atoms with van der Waals surface area (Å²) in [6, 6.07) is 8.52. The van der Waals surface area contributed by atoms with Gasteiger partial charge in [0.15, 0.2) is 5.82 Å². The number of piperazine rings is 1. The molecule has 11 heteroatoms. The molecule has 226 valence electrons. The fraction of sp³-hybridized carbons (Fsp3) is 0.394. The van der Waals surface area contributed by atoms with Crippen molar-refractivity contribution in [2.45, 2.75) is 44.8 Å². The van der Waals surface area contributed by atoms with Crippen molar-refractivity contribution in [3.8, 4) is 23.1 Å². The Morgan fingerprint density at radius 1 is 1.14 bits per heavy atom. The lowest BCUT2D eigenvalue weighted by Crippen LogP contribution is -2.48. The number of ether oxygens (including phenoxy) is 1. The van der Waals surface area contributed by atoms with Crippen molar-refractivity contribution < 1.29 is 13.9 Å². The van der Waals surface area contributed by atoms with Crippen LogP contribution in [0.4, 0.5) is 10.1 Å². The molecule has 0 radical (unpaired) electrons. The average Bonchev–Trinajstić information content (AvgIpc) is 3.78. The molecule has 9 nitrogen and oxygen atoms in total. The number of nitrogens with zero attached hydrogens (tertiary/aromatic N) is 6. The first-order chi connectivity index (χ1) is 21.4. The number of aryl methyl sites for hydroxylation is 1. The number of piperidine rings is 1. The van der Waals surface area contributed by atoms with Gasteiger partial charge in [0.1, 0.15) is 23.3 Å². The summed E-state index contributed by atoms with van der Waals surface area (Å²) < 4.78 is 23.4. The molecule has 7 rings (SSSR count). The summed E-state index contributed by atoms with van der Waals surface area (Å²) in [5.41, 5.74) is 3.35. The number of carbonyl (C=O) groups excluding carboxylic acids is 1. The molecule has 44 heavy (non-hydrogen) atoms. The number of hydrogen-bond donors (Lipinski definition) is 1. The van der Waals surface area contributed by atoms with Crippen LogP contribution in [0.3, 0.4) is 0 Å². The van der Waals surface area contributed by atoms with E-state index in [0.29, 0.717) is 48.9 Å². The van der Waals surface area contributed by atoms with Crippen molar-refractivity contribution in [3.05, 3.63) is 59.0 Å². The first kappa shape index (κ1) is 28.6. The number of nitriles is 1. The second-order valence-corrected chi connectivity index (χ2v) is 12.3. The number of rotatable bonds is 6. The van der Waals surface area contributed by atoms with Gasteiger partial charge >= 0.3 is 0 Å². The van der Waals surface area contributed by atoms with Crippen molar-refractivity contribution in [1.82, 2.24) is 25.0 Å². The lowest BCUT2D eigenvalue weighted by Gasteiger charge is -2.37. The largest absolute Gasteiger partial charge is 0.473 e. The van der Waals surface area contributed by atoms with Crippen LogP contribution in [-0.4, -0.2) is 82.3 Å². The van der Waals surface area contributed by atoms with E-state index in [4.69, 9.17) is 21.3 Å². The predicted molar refractivity (Wildman–Crippen MR) is 168 cm³/mol. The third-order valence-electron chi connectivity index (χ3n) is 9.21. The highest BCUT2D eigenvalue weighted by Crippen LogP contribution is 2.45. The van der Waals surface area contributed by atoms with E-state index in [0.717, 1.165) is 42.4 Å². The summed E-state index contributed by atoms with van der Waals surface area (Å²) in [7, 11) is 0. The maximum atomic E-state index is 16.9. The molecule has 3 fully saturated rings. The van der Waals surface area contributed by atoms with Crippen LogP contribution in [-0.2, 0) is 4.79 Å². The Labute approximate surface area is 259 Å². The van der Waals surface area contributed by atoms with Crippen molar-refractivity contribution in [2.24, 2.45) is 0 Å². The number of fused-ring (bicyclic) bond motifs is 2. The zero-order valence-corrected chi connectivity index (χ0v) is 25.3. The summed E-state index contributed by atoms with van der Waals surface area (Å²) in [6.45, 7) is 9.13. The van der Waals surface area contributed by atoms with Gasteiger partial charge in [0.05, 0.1) is 22.4 Å². The van der Waals surface area contributed by atoms with Crippen LogP contribution in [0.1, 0.15) is 36.8 Å². The summed E-state index contributed by atoms with van der Waals surface area (Å²) in [4.78, 5) is 23.2. The predicted octanol–water partition coefficient (Wildman–Crippen LogP) is 5.59. The first-order valence-corrected chi connectivity index (χ1v) is 15.5. The Morgan fingerprint density at radius 2 is 1.89 bits per heavy atom. The number of likely N-dealkylation sites (tertiary alicyclic amines) is 1. The van der Waals surface area contributed by atoms with Gasteiger partial charge in [-0.1, -0.05) is 24.2 Å². The van der Waals surface area contributed by atoms with Crippen LogP contribution in [0.2, 0.25) is 5.02 Å². The third kappa shape index (κ3) is 4.94. The van der Waals surface area contributed by atoms with Gasteiger partial charge in [0, 0.05) is 67.2 Å². The van der Waals surface area contributed by atoms with Crippen LogP contribution < -0.4 is 9.64 Å². The van der Waals surface area contributed by atoms with Crippen molar-refractivity contribution in [3.63, 3.8) is 0 Å². The lowest BCUT2D eigenvalue weighted by molar-refractivity contribution is -0.126. The van der Waals surface area contributed by atoms with Crippen LogP contribution in [0.25, 0.3) is 32.9 Å². The second-order valence-electron chi connectivity index (χ2n) is 11.9. The van der Waals surface area contributed by atoms with Gasteiger partial charge < -0.3 is 19.4 Å². The smallest absolute Gasteiger partial charge is 0.246 e. The summed E-state index contributed by atoms with van der Waals surface area (Å²) in [5, 5.41) is 19.0. The lowest BCUT2D eigenvalue weighted by atomic mass is 9.94. The van der Waals surface area contributed by atoms with Gasteiger partial charge in [-0.25, -0.2) is 9.37 Å². The molecule has 1 saturated carbocycles. The Morgan fingerprint density at radius 3 is 2.57 bits per heavy atom. The SMILES string of the molecule is C=CC(=O)N1CCN(c2c(C#N)c(OC3CCN(C4CC4)CC3)nc3c(F)c(-c4c(C)ccc5[nH]ncc45)c(Cl)cc23)CC1. The van der Waals surface area contributed by atoms with Crippen molar-refractivity contribution >= 4 is 45.0 Å². The number of benzene rings is 2. The Hall–Kier alpha value is -4.20. The quantitative estimate of drug-likeness (QED) is 0.283. The van der Waals surface area contributed by atoms with E-state index in [1.54, 1.807) is 17.2 Å². The molecule has 0 atom stereocenters. The van der Waals surface area contributed by atoms with E-state index < -0.39 is 5.82 Å². The molecule has 4 heterocycles. The summed E-state index contributed by atoms with van der Waals surface area (Å²) in [6.07, 6.45) is 6.97. The number of aromatic nitrogens is 3. The van der Waals surface area contributed by atoms with Crippen molar-refractivity contribution in [2.75, 3.05) is 44.2 Å². The molecule has 0 spiro atoms. The first-order valence-electron chi connectivity index (χ1n) is 15.1. The molecule has 2 saturated heterocycles. The number of aromatic amines is 1. The standard InChI is InChI=1S/C33H33ClFN7O2/c1-3-27(43)41-12-14-42(15-13-41)32-22-16-25(34)29(28-19(2)4-7-26-24(28)18-37-39-26)30(35)31(22)38-33(23(32)17-36)44-21-8-10-40(11-9-21)20-5-6-20/h3-4,7,16,18,20-21H,1,5-6,8-15H2,2H3,(H,37,39). The van der Waals surface area contributed by atoms with Crippen molar-refractivity contribution in [1.29, 1.82) is 5.26 Å². The highest BCUT2D eigenvalue weighted by molar-refractivity contribution is 6.35. The Bertz CT molecular complexity index is 1830. The normalized spacial score (nSPS) is 18.1. The van der Waals surface area contributed by atoms with Crippen LogP contribution in [0.15, 0.2) is 37.1 Å². The molecule has 0 unspecified atom stereocenters. The highest BCUT2D eigenvalue weighted by Gasteiger charge is 2.34. The van der Waals surface area contributed by atoms with E-state index in [9.17, 15) is 10.1 Å². The van der Waals surface area contributed by atoms with Gasteiger partial charge in [-0.05, 0) is 56.4 Å². The minimum Gasteiger partial charge on any atom is -0.473 e. The zero-order chi connectivity index (χ0) is 30.5. The van der Waals surface area contributed by atoms with Crippen LogP contribution in [0, 0.1) is 24.1 Å². The molecule has 3 aliphatic rings. The maximum Gasteiger partial charge on any atom is 0.246 e. The van der Waals surface area contributed by atoms with E-state index in [-0.39, 0.29) is 39.6 Å². The van der Waals surface area contributed by atoms with E-state index >= 15 is 4.39 Å². The van der Waals surface area contributed by atoms with Gasteiger partial charge in [0.25, 0.3) is 0 Å². The fourth-order valence-electron chi connectivity index (χ4n) is 6.73. The molecule has 2 aromatic heterocycles. The minimum absolute atomic E-state index is 0.0910. The van der Waals surface area contributed by atoms with E-state index in [1.165, 1.54) is 18.9 Å². The molecule has 2 aromatic carbocycles. The third-order valence-corrected chi connectivity index (χ3v) is 9.50. The second kappa shape index (κ2) is 11.4. The summed E-state index contributed by atoms with van der Waals surface area (Å²) >= 11 is 6.91. The van der Waals surface area contributed by atoms with Gasteiger partial charge in [-0.3, -0.25) is 9.89 Å². The monoisotopic (exact) mass is 613 g/mol. The number of anilines is 1. The highest BCUT2D eigenvalue weighted by atomic mass is 35.5. The number of hydrogen-bond acceptors (Lipinski definition) is 7. The minimum atomic E-state index is -0.580. The molecule has 4 aromatic rings. The molecule has 2 aliphatic heterocycles. The molecule has 1 amide bonds. The molecule has 1 aliphatic carbocycles. The number of halogens is 2. The van der Waals surface area contributed by atoms with Crippen LogP contribution in [0.5, 0.6) is 5.88 Å². The Kier molecular flexibility index (Phi) is 7.39. The molecular formula is C33H33ClFN7O2. The van der Waals surface area contributed by atoms with E-state index in [1.807, 2.05) is 24.0 Å². The van der Waals surface area contributed by atoms with E-state index in [2.05, 4.69) is 27.7 Å². The fourth-order valence-corrected chi connectivity index (χ4v) is 7.02. The number of nitrogens with one attached hydrogen (secondary N) is 1. The van der Waals surface area contributed by atoms with Gasteiger partial charge in [-0.2, -0.15) is 10.4 Å². The number of amides is 1.